The predicted octanol–water partition coefficient (Wildman–Crippen LogP) is 0.506. The van der Waals surface area contributed by atoms with E-state index in [9.17, 15) is 8.42 Å². The fourth-order valence-electron chi connectivity index (χ4n) is 1.23. The van der Waals surface area contributed by atoms with Gasteiger partial charge in [0.1, 0.15) is 0 Å². The van der Waals surface area contributed by atoms with Crippen molar-refractivity contribution in [1.29, 1.82) is 5.26 Å². The van der Waals surface area contributed by atoms with Crippen molar-refractivity contribution in [1.82, 2.24) is 4.31 Å². The van der Waals surface area contributed by atoms with E-state index in [0.717, 1.165) is 4.31 Å². The van der Waals surface area contributed by atoms with Crippen LogP contribution in [0.15, 0.2) is 29.2 Å². The van der Waals surface area contributed by atoms with Crippen LogP contribution < -0.4 is 11.3 Å². The van der Waals surface area contributed by atoms with E-state index >= 15 is 0 Å². The summed E-state index contributed by atoms with van der Waals surface area (Å²) in [6.07, 6.45) is 0.165. The van der Waals surface area contributed by atoms with Crippen LogP contribution in [0.5, 0.6) is 0 Å². The second-order valence-corrected chi connectivity index (χ2v) is 5.45. The highest BCUT2D eigenvalue weighted by Crippen LogP contribution is 2.16. The minimum absolute atomic E-state index is 0.165. The Morgan fingerprint density at radius 2 is 2.00 bits per heavy atom. The Morgan fingerprint density at radius 3 is 2.47 bits per heavy atom. The average Bonchev–Trinajstić information content (AvgIpc) is 2.35. The number of benzene rings is 1. The fraction of sp³-hybridized carbons (Fsp3) is 0.300. The van der Waals surface area contributed by atoms with Gasteiger partial charge >= 0.3 is 0 Å². The van der Waals surface area contributed by atoms with Crippen LogP contribution in [0.25, 0.3) is 0 Å². The molecule has 0 spiro atoms. The summed E-state index contributed by atoms with van der Waals surface area (Å²) in [4.78, 5) is 0.178. The van der Waals surface area contributed by atoms with Gasteiger partial charge in [0.2, 0.25) is 10.0 Å². The zero-order valence-electron chi connectivity index (χ0n) is 9.42. The van der Waals surface area contributed by atoms with Gasteiger partial charge in [0.15, 0.2) is 0 Å². The minimum atomic E-state index is -3.52. The van der Waals surface area contributed by atoms with Crippen molar-refractivity contribution in [3.8, 4) is 6.07 Å². The number of hydrogen-bond acceptors (Lipinski definition) is 5. The molecule has 17 heavy (non-hydrogen) atoms. The zero-order valence-corrected chi connectivity index (χ0v) is 10.2. The Balaban J connectivity index is 2.93. The normalized spacial score (nSPS) is 11.2. The van der Waals surface area contributed by atoms with Crippen molar-refractivity contribution in [2.24, 2.45) is 5.84 Å². The summed E-state index contributed by atoms with van der Waals surface area (Å²) in [7, 11) is -2.08. The van der Waals surface area contributed by atoms with Crippen LogP contribution >= 0.6 is 0 Å². The molecule has 0 aromatic heterocycles. The molecule has 0 saturated heterocycles. The number of nitrogens with one attached hydrogen (secondary N) is 1. The summed E-state index contributed by atoms with van der Waals surface area (Å²) >= 11 is 0. The quantitative estimate of drug-likeness (QED) is 0.589. The van der Waals surface area contributed by atoms with Gasteiger partial charge in [-0.1, -0.05) is 0 Å². The van der Waals surface area contributed by atoms with Gasteiger partial charge in [-0.25, -0.2) is 8.42 Å². The van der Waals surface area contributed by atoms with Crippen LogP contribution in [0, 0.1) is 11.3 Å². The molecule has 0 aliphatic rings. The van der Waals surface area contributed by atoms with E-state index in [-0.39, 0.29) is 17.9 Å². The molecule has 0 atom stereocenters. The number of nitriles is 1. The number of anilines is 1. The van der Waals surface area contributed by atoms with Gasteiger partial charge in [-0.05, 0) is 24.3 Å². The highest BCUT2D eigenvalue weighted by molar-refractivity contribution is 7.89. The van der Waals surface area contributed by atoms with Crippen molar-refractivity contribution < 1.29 is 8.42 Å². The number of nitrogens with zero attached hydrogens (tertiary/aromatic N) is 2. The van der Waals surface area contributed by atoms with E-state index in [0.29, 0.717) is 5.69 Å². The van der Waals surface area contributed by atoms with Crippen molar-refractivity contribution in [3.63, 3.8) is 0 Å². The SMILES string of the molecule is CN(CCC#N)S(=O)(=O)c1ccc(NN)cc1. The third-order valence-electron chi connectivity index (χ3n) is 2.27. The number of sulfonamides is 1. The van der Waals surface area contributed by atoms with E-state index in [2.05, 4.69) is 5.43 Å². The van der Waals surface area contributed by atoms with Crippen molar-refractivity contribution in [3.05, 3.63) is 24.3 Å². The van der Waals surface area contributed by atoms with Gasteiger partial charge < -0.3 is 5.43 Å². The Kier molecular flexibility index (Phi) is 4.45. The molecule has 6 nitrogen and oxygen atoms in total. The van der Waals surface area contributed by atoms with Gasteiger partial charge in [-0.3, -0.25) is 5.84 Å². The number of nitrogen functional groups attached to an aromatic ring is 1. The lowest BCUT2D eigenvalue weighted by molar-refractivity contribution is 0.476. The topological polar surface area (TPSA) is 99.2 Å². The molecule has 1 aromatic carbocycles. The second-order valence-electron chi connectivity index (χ2n) is 3.40. The third-order valence-corrected chi connectivity index (χ3v) is 4.14. The summed E-state index contributed by atoms with van der Waals surface area (Å²) in [5, 5.41) is 8.43. The first kappa shape index (κ1) is 13.4. The van der Waals surface area contributed by atoms with Crippen molar-refractivity contribution in [2.75, 3.05) is 19.0 Å². The maximum Gasteiger partial charge on any atom is 0.242 e. The van der Waals surface area contributed by atoms with E-state index in [4.69, 9.17) is 11.1 Å². The molecule has 0 unspecified atom stereocenters. The summed E-state index contributed by atoms with van der Waals surface area (Å²) in [6.45, 7) is 0.176. The van der Waals surface area contributed by atoms with Crippen molar-refractivity contribution in [2.45, 2.75) is 11.3 Å². The predicted molar refractivity (Wildman–Crippen MR) is 64.3 cm³/mol. The van der Waals surface area contributed by atoms with Gasteiger partial charge in [0.25, 0.3) is 0 Å². The standard InChI is InChI=1S/C10H14N4O2S/c1-14(8-2-7-11)17(15,16)10-5-3-9(13-12)4-6-10/h3-6,13H,2,8,12H2,1H3. The summed E-state index contributed by atoms with van der Waals surface area (Å²) < 4.78 is 25.2. The molecule has 0 radical (unpaired) electrons. The highest BCUT2D eigenvalue weighted by Gasteiger charge is 2.19. The first-order chi connectivity index (χ1) is 8.02. The molecule has 1 aromatic rings. The third kappa shape index (κ3) is 3.17. The Hall–Kier alpha value is -1.62. The molecule has 0 bridgehead atoms. The molecule has 0 saturated carbocycles. The van der Waals surface area contributed by atoms with Crippen LogP contribution in [-0.4, -0.2) is 26.3 Å². The fourth-order valence-corrected chi connectivity index (χ4v) is 2.40. The van der Waals surface area contributed by atoms with E-state index in [1.54, 1.807) is 12.1 Å². The van der Waals surface area contributed by atoms with E-state index < -0.39 is 10.0 Å². The van der Waals surface area contributed by atoms with Crippen LogP contribution in [0.2, 0.25) is 0 Å². The number of hydrazine groups is 1. The molecule has 0 aliphatic heterocycles. The summed E-state index contributed by atoms with van der Waals surface area (Å²) in [6, 6.07) is 7.99. The number of rotatable bonds is 5. The van der Waals surface area contributed by atoms with Gasteiger partial charge in [-0.15, -0.1) is 0 Å². The Labute approximate surface area is 101 Å². The molecule has 1 rings (SSSR count). The van der Waals surface area contributed by atoms with Crippen LogP contribution in [0.4, 0.5) is 5.69 Å². The average molecular weight is 254 g/mol. The molecular weight excluding hydrogens is 240 g/mol. The van der Waals surface area contributed by atoms with Crippen LogP contribution in [0.3, 0.4) is 0 Å². The largest absolute Gasteiger partial charge is 0.324 e. The summed E-state index contributed by atoms with van der Waals surface area (Å²) in [5.74, 6) is 5.19. The number of nitrogens with two attached hydrogens (primary N) is 1. The first-order valence-electron chi connectivity index (χ1n) is 4.92. The van der Waals surface area contributed by atoms with E-state index in [1.165, 1.54) is 19.2 Å². The molecule has 7 heteroatoms. The lowest BCUT2D eigenvalue weighted by atomic mass is 10.3. The molecule has 0 heterocycles. The molecule has 92 valence electrons. The lowest BCUT2D eigenvalue weighted by Crippen LogP contribution is -2.27. The van der Waals surface area contributed by atoms with E-state index in [1.807, 2.05) is 6.07 Å². The maximum absolute atomic E-state index is 12.0. The molecule has 0 amide bonds. The summed E-state index contributed by atoms with van der Waals surface area (Å²) in [5.41, 5.74) is 3.05. The minimum Gasteiger partial charge on any atom is -0.324 e. The molecular formula is C10H14N4O2S. The molecule has 3 N–H and O–H groups in total. The van der Waals surface area contributed by atoms with Gasteiger partial charge in [-0.2, -0.15) is 9.57 Å². The lowest BCUT2D eigenvalue weighted by Gasteiger charge is -2.15. The molecule has 0 aliphatic carbocycles. The Morgan fingerprint density at radius 1 is 1.41 bits per heavy atom. The van der Waals surface area contributed by atoms with Crippen LogP contribution in [0.1, 0.15) is 6.42 Å². The van der Waals surface area contributed by atoms with Gasteiger partial charge in [0, 0.05) is 25.7 Å². The maximum atomic E-state index is 12.0. The first-order valence-corrected chi connectivity index (χ1v) is 6.36. The van der Waals surface area contributed by atoms with Crippen LogP contribution in [-0.2, 0) is 10.0 Å². The number of hydrogen-bond donors (Lipinski definition) is 2. The zero-order chi connectivity index (χ0) is 12.9. The van der Waals surface area contributed by atoms with Crippen molar-refractivity contribution >= 4 is 15.7 Å². The van der Waals surface area contributed by atoms with Gasteiger partial charge in [0.05, 0.1) is 11.0 Å². The second kappa shape index (κ2) is 5.63. The molecule has 0 fully saturated rings. The Bertz CT molecular complexity index is 504. The highest BCUT2D eigenvalue weighted by atomic mass is 32.2. The monoisotopic (exact) mass is 254 g/mol. The smallest absolute Gasteiger partial charge is 0.242 e.